The average Bonchev–Trinajstić information content (AvgIpc) is 2.02. The Morgan fingerprint density at radius 1 is 1.31 bits per heavy atom. The van der Waals surface area contributed by atoms with Crippen molar-refractivity contribution in [1.82, 2.24) is 0 Å². The zero-order valence-electron chi connectivity index (χ0n) is 7.59. The molecule has 70 valence electrons. The highest BCUT2D eigenvalue weighted by Gasteiger charge is 2.07. The highest BCUT2D eigenvalue weighted by Crippen LogP contribution is 2.18. The molecule has 1 nitrogen and oxygen atoms in total. The van der Waals surface area contributed by atoms with Crippen molar-refractivity contribution in [3.8, 4) is 0 Å². The lowest BCUT2D eigenvalue weighted by Crippen LogP contribution is -2.10. The topological polar surface area (TPSA) is 12.4 Å². The second-order valence-electron chi connectivity index (χ2n) is 3.30. The maximum absolute atomic E-state index is 5.96. The van der Waals surface area contributed by atoms with Crippen molar-refractivity contribution in [2.45, 2.75) is 18.7 Å². The molecule has 0 unspecified atom stereocenters. The van der Waals surface area contributed by atoms with Gasteiger partial charge < -0.3 is 0 Å². The molecule has 1 aromatic rings. The molecule has 0 aliphatic rings. The molecule has 1 rings (SSSR count). The van der Waals surface area contributed by atoms with Gasteiger partial charge in [-0.2, -0.15) is 0 Å². The SMILES string of the molecule is CC(C)(Cl)C=Nc1ccc(Br)cc1. The van der Waals surface area contributed by atoms with Crippen LogP contribution in [0.15, 0.2) is 33.7 Å². The zero-order chi connectivity index (χ0) is 9.90. The maximum Gasteiger partial charge on any atom is 0.0741 e. The second-order valence-corrected chi connectivity index (χ2v) is 5.19. The number of hydrogen-bond acceptors (Lipinski definition) is 1. The van der Waals surface area contributed by atoms with E-state index in [1.165, 1.54) is 0 Å². The summed E-state index contributed by atoms with van der Waals surface area (Å²) in [4.78, 5) is 3.86. The van der Waals surface area contributed by atoms with Crippen LogP contribution in [0.25, 0.3) is 0 Å². The van der Waals surface area contributed by atoms with E-state index < -0.39 is 0 Å². The monoisotopic (exact) mass is 259 g/mol. The molecule has 0 aliphatic heterocycles. The fourth-order valence-corrected chi connectivity index (χ4v) is 1.07. The molecule has 13 heavy (non-hydrogen) atoms. The third-order valence-electron chi connectivity index (χ3n) is 1.35. The summed E-state index contributed by atoms with van der Waals surface area (Å²) in [5.41, 5.74) is 0.914. The van der Waals surface area contributed by atoms with Gasteiger partial charge in [-0.3, -0.25) is 4.99 Å². The smallest absolute Gasteiger partial charge is 0.0741 e. The Bertz CT molecular complexity index is 298. The van der Waals surface area contributed by atoms with Gasteiger partial charge in [-0.05, 0) is 38.1 Å². The number of rotatable bonds is 2. The lowest BCUT2D eigenvalue weighted by molar-refractivity contribution is 0.956. The van der Waals surface area contributed by atoms with Crippen molar-refractivity contribution >= 4 is 39.4 Å². The van der Waals surface area contributed by atoms with Crippen molar-refractivity contribution in [2.24, 2.45) is 4.99 Å². The summed E-state index contributed by atoms with van der Waals surface area (Å²) in [5.74, 6) is 0. The summed E-state index contributed by atoms with van der Waals surface area (Å²) in [6.07, 6.45) is 1.73. The minimum atomic E-state index is -0.382. The zero-order valence-corrected chi connectivity index (χ0v) is 9.93. The molecule has 1 aromatic carbocycles. The quantitative estimate of drug-likeness (QED) is 0.559. The second kappa shape index (κ2) is 4.25. The van der Waals surface area contributed by atoms with Crippen LogP contribution in [-0.2, 0) is 0 Å². The van der Waals surface area contributed by atoms with Crippen LogP contribution in [-0.4, -0.2) is 11.1 Å². The Labute approximate surface area is 92.0 Å². The van der Waals surface area contributed by atoms with Gasteiger partial charge in [0.15, 0.2) is 0 Å². The van der Waals surface area contributed by atoms with E-state index in [0.29, 0.717) is 0 Å². The number of benzene rings is 1. The van der Waals surface area contributed by atoms with Crippen molar-refractivity contribution in [2.75, 3.05) is 0 Å². The first-order valence-electron chi connectivity index (χ1n) is 3.97. The first-order chi connectivity index (χ1) is 5.97. The van der Waals surface area contributed by atoms with E-state index in [2.05, 4.69) is 20.9 Å². The highest BCUT2D eigenvalue weighted by atomic mass is 79.9. The summed E-state index contributed by atoms with van der Waals surface area (Å²) < 4.78 is 1.05. The Morgan fingerprint density at radius 2 is 1.85 bits per heavy atom. The van der Waals surface area contributed by atoms with Gasteiger partial charge in [-0.25, -0.2) is 0 Å². The number of aliphatic imine (C=N–C) groups is 1. The predicted molar refractivity (Wildman–Crippen MR) is 62.2 cm³/mol. The van der Waals surface area contributed by atoms with Crippen LogP contribution in [0.4, 0.5) is 5.69 Å². The van der Waals surface area contributed by atoms with E-state index in [-0.39, 0.29) is 4.87 Å². The molecule has 3 heteroatoms. The largest absolute Gasteiger partial charge is 0.259 e. The summed E-state index contributed by atoms with van der Waals surface area (Å²) in [6.45, 7) is 3.80. The van der Waals surface area contributed by atoms with E-state index in [4.69, 9.17) is 11.6 Å². The molecule has 0 radical (unpaired) electrons. The van der Waals surface area contributed by atoms with Crippen LogP contribution in [0.5, 0.6) is 0 Å². The van der Waals surface area contributed by atoms with Crippen molar-refractivity contribution in [1.29, 1.82) is 0 Å². The first kappa shape index (κ1) is 10.7. The van der Waals surface area contributed by atoms with Gasteiger partial charge in [0.25, 0.3) is 0 Å². The van der Waals surface area contributed by atoms with Crippen LogP contribution in [0.2, 0.25) is 0 Å². The fraction of sp³-hybridized carbons (Fsp3) is 0.300. The van der Waals surface area contributed by atoms with Gasteiger partial charge in [-0.15, -0.1) is 11.6 Å². The van der Waals surface area contributed by atoms with Gasteiger partial charge in [-0.1, -0.05) is 15.9 Å². The van der Waals surface area contributed by atoms with Gasteiger partial charge in [0, 0.05) is 10.7 Å². The van der Waals surface area contributed by atoms with Crippen LogP contribution >= 0.6 is 27.5 Å². The highest BCUT2D eigenvalue weighted by molar-refractivity contribution is 9.10. The van der Waals surface area contributed by atoms with E-state index in [1.54, 1.807) is 6.21 Å². The first-order valence-corrected chi connectivity index (χ1v) is 5.14. The van der Waals surface area contributed by atoms with E-state index in [1.807, 2.05) is 38.1 Å². The average molecular weight is 261 g/mol. The van der Waals surface area contributed by atoms with Crippen molar-refractivity contribution in [3.05, 3.63) is 28.7 Å². The lowest BCUT2D eigenvalue weighted by Gasteiger charge is -2.06. The van der Waals surface area contributed by atoms with Gasteiger partial charge >= 0.3 is 0 Å². The molecule has 0 N–H and O–H groups in total. The molecule has 0 heterocycles. The number of halogens is 2. The third kappa shape index (κ3) is 4.44. The third-order valence-corrected chi connectivity index (χ3v) is 1.97. The van der Waals surface area contributed by atoms with Crippen LogP contribution in [0, 0.1) is 0 Å². The predicted octanol–water partition coefficient (Wildman–Crippen LogP) is 4.17. The van der Waals surface area contributed by atoms with Crippen molar-refractivity contribution < 1.29 is 0 Å². The molecule has 0 saturated carbocycles. The fourth-order valence-electron chi connectivity index (χ4n) is 0.755. The minimum Gasteiger partial charge on any atom is -0.259 e. The van der Waals surface area contributed by atoms with Crippen LogP contribution in [0.1, 0.15) is 13.8 Å². The molecule has 0 aliphatic carbocycles. The standard InChI is InChI=1S/C10H11BrClN/c1-10(2,12)7-13-9-5-3-8(11)4-6-9/h3-7H,1-2H3. The van der Waals surface area contributed by atoms with Gasteiger partial charge in [0.05, 0.1) is 10.6 Å². The Morgan fingerprint density at radius 3 is 2.31 bits per heavy atom. The molecular formula is C10H11BrClN. The van der Waals surface area contributed by atoms with Crippen molar-refractivity contribution in [3.63, 3.8) is 0 Å². The van der Waals surface area contributed by atoms with E-state index in [0.717, 1.165) is 10.2 Å². The van der Waals surface area contributed by atoms with E-state index in [9.17, 15) is 0 Å². The number of hydrogen-bond donors (Lipinski definition) is 0. The molecule has 0 fully saturated rings. The summed E-state index contributed by atoms with van der Waals surface area (Å²) in [5, 5.41) is 0. The molecule has 0 atom stereocenters. The summed E-state index contributed by atoms with van der Waals surface area (Å²) in [6, 6.07) is 7.77. The van der Waals surface area contributed by atoms with Gasteiger partial charge in [0.2, 0.25) is 0 Å². The molecule has 0 saturated heterocycles. The molecular weight excluding hydrogens is 249 g/mol. The molecule has 0 aromatic heterocycles. The van der Waals surface area contributed by atoms with Crippen LogP contribution in [0.3, 0.4) is 0 Å². The Kier molecular flexibility index (Phi) is 3.51. The lowest BCUT2D eigenvalue weighted by atomic mass is 10.2. The van der Waals surface area contributed by atoms with E-state index >= 15 is 0 Å². The molecule has 0 amide bonds. The Balaban J connectivity index is 2.75. The Hall–Kier alpha value is -0.340. The normalized spacial score (nSPS) is 12.3. The number of nitrogens with zero attached hydrogens (tertiary/aromatic N) is 1. The molecule has 0 spiro atoms. The summed E-state index contributed by atoms with van der Waals surface area (Å²) >= 11 is 9.31. The molecule has 0 bridgehead atoms. The maximum atomic E-state index is 5.96. The van der Waals surface area contributed by atoms with Gasteiger partial charge in [0.1, 0.15) is 0 Å². The minimum absolute atomic E-state index is 0.382. The van der Waals surface area contributed by atoms with Crippen LogP contribution < -0.4 is 0 Å². The number of alkyl halides is 1. The summed E-state index contributed by atoms with van der Waals surface area (Å²) in [7, 11) is 0.